The van der Waals surface area contributed by atoms with E-state index in [1.807, 2.05) is 31.7 Å². The third kappa shape index (κ3) is 4.01. The summed E-state index contributed by atoms with van der Waals surface area (Å²) < 4.78 is 18.4. The van der Waals surface area contributed by atoms with Crippen LogP contribution in [0.3, 0.4) is 0 Å². The normalized spacial score (nSPS) is 14.8. The Labute approximate surface area is 187 Å². The predicted molar refractivity (Wildman–Crippen MR) is 120 cm³/mol. The molecule has 32 heavy (non-hydrogen) atoms. The number of likely N-dealkylation sites (tertiary alicyclic amines) is 1. The smallest absolute Gasteiger partial charge is 0.344 e. The van der Waals surface area contributed by atoms with Gasteiger partial charge in [0.25, 0.3) is 5.91 Å². The lowest BCUT2D eigenvalue weighted by Crippen LogP contribution is -2.38. The van der Waals surface area contributed by atoms with Gasteiger partial charge in [-0.1, -0.05) is 12.1 Å². The van der Waals surface area contributed by atoms with Gasteiger partial charge in [0.1, 0.15) is 11.6 Å². The molecule has 7 nitrogen and oxygen atoms in total. The minimum absolute atomic E-state index is 0.0378. The lowest BCUT2D eigenvalue weighted by Gasteiger charge is -2.31. The van der Waals surface area contributed by atoms with Crippen molar-refractivity contribution < 1.29 is 9.18 Å². The fourth-order valence-electron chi connectivity index (χ4n) is 4.67. The van der Waals surface area contributed by atoms with Crippen molar-refractivity contribution in [2.24, 2.45) is 7.05 Å². The second-order valence-corrected chi connectivity index (χ2v) is 8.57. The molecule has 0 radical (unpaired) electrons. The van der Waals surface area contributed by atoms with Gasteiger partial charge in [-0.2, -0.15) is 5.10 Å². The standard InChI is InChI=1S/C24H30FN5O2/c1-5-29-22(26-27(4)24(29)32)19-10-12-28(13-11-19)23(31)21-14-16(2)30(17(21)3)15-18-6-8-20(25)9-7-18/h6-9,14,19H,5,10-13,15H2,1-4H3. The van der Waals surface area contributed by atoms with Gasteiger partial charge in [-0.25, -0.2) is 13.9 Å². The molecule has 1 saturated heterocycles. The van der Waals surface area contributed by atoms with Crippen molar-refractivity contribution in [3.05, 3.63) is 75.0 Å². The third-order valence-electron chi connectivity index (χ3n) is 6.56. The Morgan fingerprint density at radius 3 is 2.41 bits per heavy atom. The Morgan fingerprint density at radius 2 is 1.78 bits per heavy atom. The summed E-state index contributed by atoms with van der Waals surface area (Å²) in [4.78, 5) is 27.4. The zero-order valence-electron chi connectivity index (χ0n) is 19.1. The van der Waals surface area contributed by atoms with Gasteiger partial charge in [-0.3, -0.25) is 9.36 Å². The van der Waals surface area contributed by atoms with Crippen molar-refractivity contribution >= 4 is 5.91 Å². The van der Waals surface area contributed by atoms with Crippen LogP contribution in [0.15, 0.2) is 35.1 Å². The number of hydrogen-bond donors (Lipinski definition) is 0. The quantitative estimate of drug-likeness (QED) is 0.613. The molecule has 0 saturated carbocycles. The average Bonchev–Trinajstić information content (AvgIpc) is 3.24. The molecular weight excluding hydrogens is 409 g/mol. The molecule has 170 valence electrons. The Bertz CT molecular complexity index is 1180. The van der Waals surface area contributed by atoms with Gasteiger partial charge in [0, 0.05) is 50.5 Å². The van der Waals surface area contributed by atoms with E-state index >= 15 is 0 Å². The summed E-state index contributed by atoms with van der Waals surface area (Å²) in [5.41, 5.74) is 3.54. The molecular formula is C24H30FN5O2. The summed E-state index contributed by atoms with van der Waals surface area (Å²) >= 11 is 0. The maximum atomic E-state index is 13.3. The van der Waals surface area contributed by atoms with Crippen molar-refractivity contribution in [3.63, 3.8) is 0 Å². The van der Waals surface area contributed by atoms with Crippen LogP contribution in [0.25, 0.3) is 0 Å². The zero-order valence-corrected chi connectivity index (χ0v) is 19.1. The maximum absolute atomic E-state index is 13.3. The molecule has 0 aliphatic carbocycles. The first-order valence-electron chi connectivity index (χ1n) is 11.1. The van der Waals surface area contributed by atoms with Gasteiger partial charge in [-0.15, -0.1) is 0 Å². The molecule has 3 heterocycles. The number of nitrogens with zero attached hydrogens (tertiary/aromatic N) is 5. The summed E-state index contributed by atoms with van der Waals surface area (Å²) in [6.45, 7) is 8.38. The SMILES string of the molecule is CCn1c(C2CCN(C(=O)c3cc(C)n(Cc4ccc(F)cc4)c3C)CC2)nn(C)c1=O. The number of carbonyl (C=O) groups is 1. The van der Waals surface area contributed by atoms with E-state index in [1.54, 1.807) is 23.7 Å². The molecule has 1 amide bonds. The molecule has 4 rings (SSSR count). The van der Waals surface area contributed by atoms with E-state index in [4.69, 9.17) is 0 Å². The van der Waals surface area contributed by atoms with Crippen LogP contribution in [-0.4, -0.2) is 42.8 Å². The fourth-order valence-corrected chi connectivity index (χ4v) is 4.67. The fraction of sp³-hybridized carbons (Fsp3) is 0.458. The van der Waals surface area contributed by atoms with Crippen LogP contribution in [0.2, 0.25) is 0 Å². The van der Waals surface area contributed by atoms with E-state index in [2.05, 4.69) is 9.67 Å². The van der Waals surface area contributed by atoms with E-state index < -0.39 is 0 Å². The molecule has 1 aliphatic rings. The van der Waals surface area contributed by atoms with E-state index in [0.717, 1.165) is 35.6 Å². The Hall–Kier alpha value is -3.16. The van der Waals surface area contributed by atoms with Crippen molar-refractivity contribution in [3.8, 4) is 0 Å². The number of benzene rings is 1. The summed E-state index contributed by atoms with van der Waals surface area (Å²) in [5, 5.41) is 4.44. The Morgan fingerprint density at radius 1 is 1.12 bits per heavy atom. The summed E-state index contributed by atoms with van der Waals surface area (Å²) in [6.07, 6.45) is 1.58. The van der Waals surface area contributed by atoms with Gasteiger partial charge >= 0.3 is 5.69 Å². The molecule has 0 spiro atoms. The number of carbonyl (C=O) groups excluding carboxylic acids is 1. The van der Waals surface area contributed by atoms with Crippen LogP contribution in [-0.2, 0) is 20.1 Å². The third-order valence-corrected chi connectivity index (χ3v) is 6.56. The Kier molecular flexibility index (Phi) is 6.04. The lowest BCUT2D eigenvalue weighted by atomic mass is 9.95. The maximum Gasteiger partial charge on any atom is 0.345 e. The van der Waals surface area contributed by atoms with Crippen molar-refractivity contribution in [2.75, 3.05) is 13.1 Å². The monoisotopic (exact) mass is 439 g/mol. The highest BCUT2D eigenvalue weighted by molar-refractivity contribution is 5.95. The van der Waals surface area contributed by atoms with E-state index in [0.29, 0.717) is 31.7 Å². The molecule has 0 N–H and O–H groups in total. The molecule has 1 aliphatic heterocycles. The van der Waals surface area contributed by atoms with Crippen LogP contribution in [0.5, 0.6) is 0 Å². The summed E-state index contributed by atoms with van der Waals surface area (Å²) in [5.74, 6) is 0.787. The number of rotatable bonds is 5. The first-order valence-corrected chi connectivity index (χ1v) is 11.1. The molecule has 1 fully saturated rings. The van der Waals surface area contributed by atoms with E-state index in [1.165, 1.54) is 16.8 Å². The number of hydrogen-bond acceptors (Lipinski definition) is 3. The van der Waals surface area contributed by atoms with Gasteiger partial charge in [-0.05, 0) is 57.4 Å². The van der Waals surface area contributed by atoms with Crippen LogP contribution in [0, 0.1) is 19.7 Å². The molecule has 0 atom stereocenters. The molecule has 2 aromatic heterocycles. The first-order chi connectivity index (χ1) is 15.3. The highest BCUT2D eigenvalue weighted by Crippen LogP contribution is 2.28. The molecule has 8 heteroatoms. The second kappa shape index (κ2) is 8.76. The number of amides is 1. The average molecular weight is 440 g/mol. The second-order valence-electron chi connectivity index (χ2n) is 8.57. The van der Waals surface area contributed by atoms with Gasteiger partial charge in [0.2, 0.25) is 0 Å². The summed E-state index contributed by atoms with van der Waals surface area (Å²) in [6, 6.07) is 8.40. The van der Waals surface area contributed by atoms with Crippen molar-refractivity contribution in [2.45, 2.75) is 52.6 Å². The lowest BCUT2D eigenvalue weighted by molar-refractivity contribution is 0.0709. The minimum Gasteiger partial charge on any atom is -0.344 e. The topological polar surface area (TPSA) is 65.1 Å². The molecule has 3 aromatic rings. The predicted octanol–water partition coefficient (Wildman–Crippen LogP) is 3.23. The van der Waals surface area contributed by atoms with E-state index in [-0.39, 0.29) is 23.3 Å². The van der Waals surface area contributed by atoms with E-state index in [9.17, 15) is 14.0 Å². The van der Waals surface area contributed by atoms with Crippen LogP contribution >= 0.6 is 0 Å². The molecule has 0 bridgehead atoms. The molecule has 0 unspecified atom stereocenters. The number of piperidine rings is 1. The number of halogens is 1. The van der Waals surface area contributed by atoms with Crippen LogP contribution < -0.4 is 5.69 Å². The van der Waals surface area contributed by atoms with Gasteiger partial charge < -0.3 is 9.47 Å². The highest BCUT2D eigenvalue weighted by atomic mass is 19.1. The Balaban J connectivity index is 1.47. The van der Waals surface area contributed by atoms with Crippen molar-refractivity contribution in [1.82, 2.24) is 23.8 Å². The largest absolute Gasteiger partial charge is 0.345 e. The van der Waals surface area contributed by atoms with Gasteiger partial charge in [0.15, 0.2) is 0 Å². The zero-order chi connectivity index (χ0) is 23.0. The number of aromatic nitrogens is 4. The van der Waals surface area contributed by atoms with Crippen LogP contribution in [0.4, 0.5) is 4.39 Å². The van der Waals surface area contributed by atoms with Gasteiger partial charge in [0.05, 0.1) is 5.56 Å². The minimum atomic E-state index is -0.254. The van der Waals surface area contributed by atoms with Crippen molar-refractivity contribution in [1.29, 1.82) is 0 Å². The molecule has 1 aromatic carbocycles. The van der Waals surface area contributed by atoms with Crippen LogP contribution in [0.1, 0.15) is 58.8 Å². The summed E-state index contributed by atoms with van der Waals surface area (Å²) in [7, 11) is 1.68. The highest BCUT2D eigenvalue weighted by Gasteiger charge is 2.29. The first kappa shape index (κ1) is 22.0. The number of aryl methyl sites for hydroxylation is 2.